The minimum absolute atomic E-state index is 0.0455. The largest absolute Gasteiger partial charge is 0.396 e. The molecule has 0 aromatic rings. The van der Waals surface area contributed by atoms with E-state index in [-0.39, 0.29) is 24.3 Å². The summed E-state index contributed by atoms with van der Waals surface area (Å²) in [7, 11) is -3.41. The van der Waals surface area contributed by atoms with Gasteiger partial charge in [0.05, 0.1) is 5.75 Å². The lowest BCUT2D eigenvalue weighted by Crippen LogP contribution is -2.49. The molecule has 2 atom stereocenters. The van der Waals surface area contributed by atoms with Gasteiger partial charge in [-0.15, -0.1) is 0 Å². The van der Waals surface area contributed by atoms with Crippen molar-refractivity contribution >= 4 is 27.7 Å². The first-order chi connectivity index (χ1) is 9.36. The van der Waals surface area contributed by atoms with Crippen LogP contribution in [0.5, 0.6) is 0 Å². The van der Waals surface area contributed by atoms with E-state index in [1.807, 2.05) is 13.2 Å². The van der Waals surface area contributed by atoms with Crippen LogP contribution in [0.3, 0.4) is 0 Å². The molecule has 0 bridgehead atoms. The molecule has 0 spiro atoms. The number of thioether (sulfide) groups is 1. The van der Waals surface area contributed by atoms with Crippen LogP contribution in [0.1, 0.15) is 33.1 Å². The molecule has 6 nitrogen and oxygen atoms in total. The molecule has 0 aromatic carbocycles. The summed E-state index contributed by atoms with van der Waals surface area (Å²) in [4.78, 5) is 12.1. The lowest BCUT2D eigenvalue weighted by Gasteiger charge is -2.20. The highest BCUT2D eigenvalue weighted by atomic mass is 32.2. The molecular weight excluding hydrogens is 300 g/mol. The summed E-state index contributed by atoms with van der Waals surface area (Å²) < 4.78 is 25.6. The van der Waals surface area contributed by atoms with Crippen molar-refractivity contribution in [3.05, 3.63) is 0 Å². The van der Waals surface area contributed by atoms with Gasteiger partial charge in [0.2, 0.25) is 15.9 Å². The molecule has 20 heavy (non-hydrogen) atoms. The topological polar surface area (TPSA) is 95.5 Å². The molecular formula is C12H26N2O4S2. The van der Waals surface area contributed by atoms with Crippen LogP contribution in [0.25, 0.3) is 0 Å². The van der Waals surface area contributed by atoms with Gasteiger partial charge in [0, 0.05) is 12.6 Å². The minimum atomic E-state index is -3.41. The molecule has 0 saturated carbocycles. The number of hydrogen-bond donors (Lipinski definition) is 3. The predicted molar refractivity (Wildman–Crippen MR) is 83.3 cm³/mol. The van der Waals surface area contributed by atoms with Crippen molar-refractivity contribution in [3.8, 4) is 0 Å². The molecule has 8 heteroatoms. The van der Waals surface area contributed by atoms with Crippen molar-refractivity contribution in [1.82, 2.24) is 10.0 Å². The van der Waals surface area contributed by atoms with Crippen LogP contribution in [0.15, 0.2) is 0 Å². The van der Waals surface area contributed by atoms with Gasteiger partial charge in [-0.05, 0) is 45.1 Å². The normalized spacial score (nSPS) is 14.8. The van der Waals surface area contributed by atoms with Crippen LogP contribution in [0.4, 0.5) is 0 Å². The molecule has 3 N–H and O–H groups in total. The summed E-state index contributed by atoms with van der Waals surface area (Å²) >= 11 is 1.57. The Labute approximate surface area is 126 Å². The number of carbonyl (C=O) groups excluding carboxylic acids is 1. The molecule has 2 unspecified atom stereocenters. The number of aliphatic hydroxyl groups is 1. The summed E-state index contributed by atoms with van der Waals surface area (Å²) in [6.45, 7) is 3.46. The molecule has 0 fully saturated rings. The summed E-state index contributed by atoms with van der Waals surface area (Å²) in [5.74, 6) is 0.354. The van der Waals surface area contributed by atoms with Crippen LogP contribution in [-0.4, -0.2) is 55.9 Å². The monoisotopic (exact) mass is 326 g/mol. The lowest BCUT2D eigenvalue weighted by atomic mass is 10.1. The van der Waals surface area contributed by atoms with Gasteiger partial charge in [0.1, 0.15) is 6.04 Å². The first kappa shape index (κ1) is 19.7. The van der Waals surface area contributed by atoms with Crippen LogP contribution in [-0.2, 0) is 14.8 Å². The van der Waals surface area contributed by atoms with E-state index >= 15 is 0 Å². The van der Waals surface area contributed by atoms with Crippen molar-refractivity contribution in [2.24, 2.45) is 0 Å². The molecule has 0 aliphatic heterocycles. The fourth-order valence-corrected chi connectivity index (χ4v) is 2.89. The van der Waals surface area contributed by atoms with E-state index in [1.54, 1.807) is 11.8 Å². The Kier molecular flexibility index (Phi) is 10.3. The quantitative estimate of drug-likeness (QED) is 0.508. The Balaban J connectivity index is 4.56. The van der Waals surface area contributed by atoms with Crippen molar-refractivity contribution in [2.75, 3.05) is 24.4 Å². The summed E-state index contributed by atoms with van der Waals surface area (Å²) in [6.07, 6.45) is 3.64. The van der Waals surface area contributed by atoms with E-state index in [2.05, 4.69) is 10.0 Å². The Bertz CT molecular complexity index is 374. The van der Waals surface area contributed by atoms with Gasteiger partial charge in [-0.1, -0.05) is 0 Å². The fourth-order valence-electron chi connectivity index (χ4n) is 1.59. The van der Waals surface area contributed by atoms with Crippen molar-refractivity contribution in [1.29, 1.82) is 0 Å². The second kappa shape index (κ2) is 10.4. The van der Waals surface area contributed by atoms with Crippen molar-refractivity contribution in [3.63, 3.8) is 0 Å². The summed E-state index contributed by atoms with van der Waals surface area (Å²) in [5, 5.41) is 11.5. The van der Waals surface area contributed by atoms with Crippen molar-refractivity contribution < 1.29 is 18.3 Å². The molecule has 0 heterocycles. The maximum Gasteiger partial charge on any atom is 0.238 e. The first-order valence-corrected chi connectivity index (χ1v) is 9.81. The first-order valence-electron chi connectivity index (χ1n) is 6.76. The molecule has 0 aromatic heterocycles. The summed E-state index contributed by atoms with van der Waals surface area (Å²) in [6, 6.07) is -0.818. The van der Waals surface area contributed by atoms with Gasteiger partial charge in [0.15, 0.2) is 0 Å². The van der Waals surface area contributed by atoms with Gasteiger partial charge < -0.3 is 10.4 Å². The van der Waals surface area contributed by atoms with Crippen LogP contribution in [0, 0.1) is 0 Å². The third kappa shape index (κ3) is 8.78. The Hall–Kier alpha value is -0.310. The van der Waals surface area contributed by atoms with Crippen LogP contribution in [0.2, 0.25) is 0 Å². The maximum absolute atomic E-state index is 12.1. The maximum atomic E-state index is 12.1. The molecule has 0 saturated heterocycles. The van der Waals surface area contributed by atoms with Gasteiger partial charge >= 0.3 is 0 Å². The van der Waals surface area contributed by atoms with Crippen molar-refractivity contribution in [2.45, 2.75) is 45.2 Å². The Morgan fingerprint density at radius 2 is 2.00 bits per heavy atom. The van der Waals surface area contributed by atoms with Gasteiger partial charge in [-0.3, -0.25) is 4.79 Å². The molecule has 120 valence electrons. The van der Waals surface area contributed by atoms with E-state index in [0.717, 1.165) is 0 Å². The summed E-state index contributed by atoms with van der Waals surface area (Å²) in [5.41, 5.74) is 0. The van der Waals surface area contributed by atoms with Crippen LogP contribution >= 0.6 is 11.8 Å². The molecule has 1 amide bonds. The van der Waals surface area contributed by atoms with Crippen LogP contribution < -0.4 is 10.0 Å². The zero-order valence-electron chi connectivity index (χ0n) is 12.4. The van der Waals surface area contributed by atoms with E-state index in [9.17, 15) is 13.2 Å². The average Bonchev–Trinajstić information content (AvgIpc) is 2.40. The second-order valence-electron chi connectivity index (χ2n) is 4.63. The number of sulfonamides is 1. The number of rotatable bonds is 11. The number of carbonyl (C=O) groups is 1. The van der Waals surface area contributed by atoms with E-state index in [1.165, 1.54) is 6.92 Å². The van der Waals surface area contributed by atoms with E-state index in [0.29, 0.717) is 25.0 Å². The van der Waals surface area contributed by atoms with Gasteiger partial charge in [-0.25, -0.2) is 13.1 Å². The highest BCUT2D eigenvalue weighted by molar-refractivity contribution is 7.98. The molecule has 0 rings (SSSR count). The zero-order valence-corrected chi connectivity index (χ0v) is 14.0. The number of amides is 1. The second-order valence-corrected chi connectivity index (χ2v) is 7.66. The molecule has 0 aliphatic rings. The highest BCUT2D eigenvalue weighted by Gasteiger charge is 2.23. The highest BCUT2D eigenvalue weighted by Crippen LogP contribution is 2.04. The third-order valence-electron chi connectivity index (χ3n) is 2.81. The standard InChI is InChI=1S/C12H26N2O4S2/c1-4-20(17,18)14-11(7-9-19-3)12(16)13-10(2)6-5-8-15/h10-11,14-15H,4-9H2,1-3H3,(H,13,16). The number of aliphatic hydroxyl groups excluding tert-OH is 1. The zero-order chi connectivity index (χ0) is 15.6. The fraction of sp³-hybridized carbons (Fsp3) is 0.917. The molecule has 0 aliphatic carbocycles. The Morgan fingerprint density at radius 1 is 1.35 bits per heavy atom. The third-order valence-corrected chi connectivity index (χ3v) is 4.86. The number of nitrogens with one attached hydrogen (secondary N) is 2. The van der Waals surface area contributed by atoms with Gasteiger partial charge in [-0.2, -0.15) is 11.8 Å². The van der Waals surface area contributed by atoms with E-state index in [4.69, 9.17) is 5.11 Å². The SMILES string of the molecule is CCS(=O)(=O)NC(CCSC)C(=O)NC(C)CCCO. The Morgan fingerprint density at radius 3 is 2.50 bits per heavy atom. The smallest absolute Gasteiger partial charge is 0.238 e. The average molecular weight is 326 g/mol. The minimum Gasteiger partial charge on any atom is -0.396 e. The molecule has 0 radical (unpaired) electrons. The predicted octanol–water partition coefficient (Wildman–Crippen LogP) is 0.325. The van der Waals surface area contributed by atoms with Gasteiger partial charge in [0.25, 0.3) is 0 Å². The number of hydrogen-bond acceptors (Lipinski definition) is 5. The lowest BCUT2D eigenvalue weighted by molar-refractivity contribution is -0.123. The van der Waals surface area contributed by atoms with E-state index < -0.39 is 16.1 Å².